The highest BCUT2D eigenvalue weighted by atomic mass is 35.5. The monoisotopic (exact) mass is 314 g/mol. The van der Waals surface area contributed by atoms with E-state index in [9.17, 15) is 0 Å². The van der Waals surface area contributed by atoms with Crippen LogP contribution >= 0.6 is 23.4 Å². The molecule has 0 aliphatic rings. The molecule has 1 rings (SSSR count). The normalized spacial score (nSPS) is 12.4. The van der Waals surface area contributed by atoms with Gasteiger partial charge in [0, 0.05) is 25.4 Å². The summed E-state index contributed by atoms with van der Waals surface area (Å²) in [4.78, 5) is 2.31. The second-order valence-corrected chi connectivity index (χ2v) is 6.41. The Bertz CT molecular complexity index is 398. The smallest absolute Gasteiger partial charge is 0.0642 e. The summed E-state index contributed by atoms with van der Waals surface area (Å²) in [6, 6.07) is 6.94. The van der Waals surface area contributed by atoms with Gasteiger partial charge in [0.05, 0.1) is 10.7 Å². The van der Waals surface area contributed by atoms with Gasteiger partial charge in [-0.3, -0.25) is 0 Å². The van der Waals surface area contributed by atoms with E-state index in [1.54, 1.807) is 0 Å². The zero-order valence-corrected chi connectivity index (χ0v) is 14.7. The fourth-order valence-corrected chi connectivity index (χ4v) is 3.43. The highest BCUT2D eigenvalue weighted by molar-refractivity contribution is 7.98. The van der Waals surface area contributed by atoms with Gasteiger partial charge in [0.15, 0.2) is 0 Å². The first-order valence-corrected chi connectivity index (χ1v) is 9.12. The molecule has 2 nitrogen and oxygen atoms in total. The highest BCUT2D eigenvalue weighted by Gasteiger charge is 2.15. The molecule has 0 radical (unpaired) electrons. The van der Waals surface area contributed by atoms with E-state index in [0.717, 1.165) is 42.4 Å². The number of rotatable bonds is 9. The maximum Gasteiger partial charge on any atom is 0.0642 e. The molecule has 1 atom stereocenters. The summed E-state index contributed by atoms with van der Waals surface area (Å²) >= 11 is 8.35. The number of hydrogen-bond donors (Lipinski definition) is 1. The minimum absolute atomic E-state index is 0.534. The van der Waals surface area contributed by atoms with E-state index in [0.29, 0.717) is 6.04 Å². The lowest BCUT2D eigenvalue weighted by atomic mass is 10.1. The molecule has 0 spiro atoms. The SMILES string of the molecule is CCCNCc1ccc(N(C)C(CC)CSC)c(Cl)c1. The topological polar surface area (TPSA) is 15.3 Å². The van der Waals surface area contributed by atoms with Crippen LogP contribution in [0.5, 0.6) is 0 Å². The van der Waals surface area contributed by atoms with Crippen LogP contribution in [0.15, 0.2) is 18.2 Å². The van der Waals surface area contributed by atoms with Gasteiger partial charge in [0.25, 0.3) is 0 Å². The summed E-state index contributed by atoms with van der Waals surface area (Å²) in [5, 5.41) is 4.26. The molecule has 4 heteroatoms. The van der Waals surface area contributed by atoms with Crippen LogP contribution in [-0.2, 0) is 6.54 Å². The van der Waals surface area contributed by atoms with E-state index in [1.807, 2.05) is 11.8 Å². The number of halogens is 1. The zero-order valence-electron chi connectivity index (χ0n) is 13.1. The van der Waals surface area contributed by atoms with Crippen molar-refractivity contribution in [3.05, 3.63) is 28.8 Å². The fourth-order valence-electron chi connectivity index (χ4n) is 2.25. The first-order valence-electron chi connectivity index (χ1n) is 7.34. The number of hydrogen-bond acceptors (Lipinski definition) is 3. The predicted molar refractivity (Wildman–Crippen MR) is 94.3 cm³/mol. The van der Waals surface area contributed by atoms with Crippen molar-refractivity contribution in [3.63, 3.8) is 0 Å². The van der Waals surface area contributed by atoms with Gasteiger partial charge in [-0.25, -0.2) is 0 Å². The zero-order chi connectivity index (χ0) is 15.0. The third-order valence-corrected chi connectivity index (χ3v) is 4.55. The van der Waals surface area contributed by atoms with E-state index in [2.05, 4.69) is 55.6 Å². The third-order valence-electron chi connectivity index (χ3n) is 3.53. The minimum atomic E-state index is 0.534. The Balaban J connectivity index is 2.75. The predicted octanol–water partition coefficient (Wildman–Crippen LogP) is 4.42. The number of anilines is 1. The van der Waals surface area contributed by atoms with Crippen LogP contribution in [0.25, 0.3) is 0 Å². The van der Waals surface area contributed by atoms with Crippen molar-refractivity contribution >= 4 is 29.1 Å². The van der Waals surface area contributed by atoms with Crippen molar-refractivity contribution in [3.8, 4) is 0 Å². The Morgan fingerprint density at radius 3 is 2.65 bits per heavy atom. The molecule has 0 saturated heterocycles. The quantitative estimate of drug-likeness (QED) is 0.679. The van der Waals surface area contributed by atoms with Crippen molar-refractivity contribution in [2.24, 2.45) is 0 Å². The van der Waals surface area contributed by atoms with Crippen LogP contribution in [0.1, 0.15) is 32.3 Å². The van der Waals surface area contributed by atoms with Gasteiger partial charge in [-0.1, -0.05) is 31.5 Å². The Morgan fingerprint density at radius 1 is 1.35 bits per heavy atom. The molecule has 20 heavy (non-hydrogen) atoms. The molecule has 0 aliphatic heterocycles. The Morgan fingerprint density at radius 2 is 2.10 bits per heavy atom. The molecule has 0 saturated carbocycles. The molecule has 0 amide bonds. The first kappa shape index (κ1) is 17.7. The number of nitrogens with zero attached hydrogens (tertiary/aromatic N) is 1. The standard InChI is InChI=1S/C16H27ClN2S/c1-5-9-18-11-13-7-8-16(15(17)10-13)19(3)14(6-2)12-20-4/h7-8,10,14,18H,5-6,9,11-12H2,1-4H3. The summed E-state index contributed by atoms with van der Waals surface area (Å²) < 4.78 is 0. The number of thioether (sulfide) groups is 1. The van der Waals surface area contributed by atoms with Crippen molar-refractivity contribution in [1.29, 1.82) is 0 Å². The minimum Gasteiger partial charge on any atom is -0.370 e. The summed E-state index contributed by atoms with van der Waals surface area (Å²) in [5.74, 6) is 1.13. The van der Waals surface area contributed by atoms with Gasteiger partial charge in [-0.15, -0.1) is 0 Å². The Hall–Kier alpha value is -0.380. The highest BCUT2D eigenvalue weighted by Crippen LogP contribution is 2.28. The lowest BCUT2D eigenvalue weighted by molar-refractivity contribution is 0.669. The average molecular weight is 315 g/mol. The summed E-state index contributed by atoms with van der Waals surface area (Å²) in [6.07, 6.45) is 4.44. The molecule has 1 aromatic rings. The van der Waals surface area contributed by atoms with Gasteiger partial charge in [-0.05, 0) is 43.3 Å². The van der Waals surface area contributed by atoms with Crippen LogP contribution in [-0.4, -0.2) is 31.6 Å². The third kappa shape index (κ3) is 5.19. The molecular weight excluding hydrogens is 288 g/mol. The molecule has 0 aliphatic carbocycles. The molecule has 114 valence electrons. The molecule has 1 aromatic carbocycles. The lowest BCUT2D eigenvalue weighted by Crippen LogP contribution is -2.33. The molecule has 0 fully saturated rings. The summed E-state index contributed by atoms with van der Waals surface area (Å²) in [6.45, 7) is 6.34. The molecule has 0 bridgehead atoms. The maximum absolute atomic E-state index is 6.46. The molecular formula is C16H27ClN2S. The average Bonchev–Trinajstić information content (AvgIpc) is 2.44. The number of benzene rings is 1. The van der Waals surface area contributed by atoms with Gasteiger partial charge in [-0.2, -0.15) is 11.8 Å². The van der Waals surface area contributed by atoms with E-state index in [1.165, 1.54) is 5.56 Å². The van der Waals surface area contributed by atoms with E-state index in [4.69, 9.17) is 11.6 Å². The van der Waals surface area contributed by atoms with Crippen LogP contribution in [0.2, 0.25) is 5.02 Å². The van der Waals surface area contributed by atoms with Crippen LogP contribution < -0.4 is 10.2 Å². The second kappa shape index (κ2) is 9.54. The molecule has 0 aromatic heterocycles. The van der Waals surface area contributed by atoms with Crippen molar-refractivity contribution in [2.45, 2.75) is 39.3 Å². The van der Waals surface area contributed by atoms with Gasteiger partial charge in [0.1, 0.15) is 0 Å². The summed E-state index contributed by atoms with van der Waals surface area (Å²) in [5.41, 5.74) is 2.38. The Kier molecular flexibility index (Phi) is 8.43. The largest absolute Gasteiger partial charge is 0.370 e. The van der Waals surface area contributed by atoms with Crippen LogP contribution in [0.3, 0.4) is 0 Å². The molecule has 1 N–H and O–H groups in total. The lowest BCUT2D eigenvalue weighted by Gasteiger charge is -2.29. The first-order chi connectivity index (χ1) is 9.63. The van der Waals surface area contributed by atoms with E-state index >= 15 is 0 Å². The van der Waals surface area contributed by atoms with Crippen LogP contribution in [0.4, 0.5) is 5.69 Å². The molecule has 0 heterocycles. The number of nitrogens with one attached hydrogen (secondary N) is 1. The van der Waals surface area contributed by atoms with Gasteiger partial charge in [0.2, 0.25) is 0 Å². The molecule has 1 unspecified atom stereocenters. The van der Waals surface area contributed by atoms with Crippen molar-refractivity contribution in [1.82, 2.24) is 5.32 Å². The summed E-state index contributed by atoms with van der Waals surface area (Å²) in [7, 11) is 2.14. The van der Waals surface area contributed by atoms with Gasteiger partial charge >= 0.3 is 0 Å². The second-order valence-electron chi connectivity index (χ2n) is 5.09. The van der Waals surface area contributed by atoms with E-state index < -0.39 is 0 Å². The van der Waals surface area contributed by atoms with Crippen molar-refractivity contribution in [2.75, 3.05) is 30.5 Å². The van der Waals surface area contributed by atoms with Crippen molar-refractivity contribution < 1.29 is 0 Å². The van der Waals surface area contributed by atoms with E-state index in [-0.39, 0.29) is 0 Å². The Labute approximate surface area is 133 Å². The maximum atomic E-state index is 6.46. The van der Waals surface area contributed by atoms with Gasteiger partial charge < -0.3 is 10.2 Å². The fraction of sp³-hybridized carbons (Fsp3) is 0.625. The van der Waals surface area contributed by atoms with Crippen LogP contribution in [0, 0.1) is 0 Å².